The van der Waals surface area contributed by atoms with Crippen LogP contribution in [0.1, 0.15) is 10.6 Å². The smallest absolute Gasteiger partial charge is 0.231 e. The van der Waals surface area contributed by atoms with Crippen molar-refractivity contribution < 1.29 is 14.6 Å². The number of rotatable bonds is 3. The van der Waals surface area contributed by atoms with Crippen molar-refractivity contribution in [1.82, 2.24) is 4.98 Å². The third-order valence-electron chi connectivity index (χ3n) is 3.73. The van der Waals surface area contributed by atoms with Crippen molar-refractivity contribution in [3.8, 4) is 34.6 Å². The van der Waals surface area contributed by atoms with Crippen LogP contribution in [-0.4, -0.2) is 16.9 Å². The van der Waals surface area contributed by atoms with Gasteiger partial charge in [-0.2, -0.15) is 5.26 Å². The Morgan fingerprint density at radius 2 is 1.96 bits per heavy atom. The molecule has 122 valence electrons. The van der Waals surface area contributed by atoms with E-state index >= 15 is 0 Å². The number of thiazole rings is 1. The Morgan fingerprint density at radius 3 is 2.76 bits per heavy atom. The molecule has 0 aliphatic carbocycles. The number of hydrogen-bond acceptors (Lipinski definition) is 6. The van der Waals surface area contributed by atoms with Crippen molar-refractivity contribution in [3.05, 3.63) is 58.4 Å². The lowest BCUT2D eigenvalue weighted by atomic mass is 10.1. The molecule has 6 heteroatoms. The first kappa shape index (κ1) is 15.2. The standard InChI is InChI=1S/C19H12N2O3S/c20-9-14(7-12-1-4-15(22)5-2-12)19-21-16(10-25-19)13-3-6-17-18(8-13)24-11-23-17/h1-8,10,22H,11H2. The maximum absolute atomic E-state index is 9.46. The van der Waals surface area contributed by atoms with Crippen LogP contribution in [0.3, 0.4) is 0 Å². The summed E-state index contributed by atoms with van der Waals surface area (Å²) in [5, 5.41) is 21.4. The van der Waals surface area contributed by atoms with E-state index in [-0.39, 0.29) is 12.5 Å². The van der Waals surface area contributed by atoms with Gasteiger partial charge >= 0.3 is 0 Å². The number of benzene rings is 2. The second-order valence-corrected chi connectivity index (χ2v) is 6.23. The molecule has 3 aromatic rings. The number of ether oxygens (including phenoxy) is 2. The Balaban J connectivity index is 1.65. The minimum Gasteiger partial charge on any atom is -0.508 e. The van der Waals surface area contributed by atoms with Crippen LogP contribution in [0.5, 0.6) is 17.2 Å². The molecule has 0 saturated heterocycles. The van der Waals surface area contributed by atoms with E-state index < -0.39 is 0 Å². The van der Waals surface area contributed by atoms with Crippen molar-refractivity contribution in [3.63, 3.8) is 0 Å². The summed E-state index contributed by atoms with van der Waals surface area (Å²) < 4.78 is 10.7. The Morgan fingerprint density at radius 1 is 1.16 bits per heavy atom. The van der Waals surface area contributed by atoms with Gasteiger partial charge in [0.25, 0.3) is 0 Å². The van der Waals surface area contributed by atoms with Gasteiger partial charge < -0.3 is 14.6 Å². The van der Waals surface area contributed by atoms with Gasteiger partial charge in [0, 0.05) is 10.9 Å². The van der Waals surface area contributed by atoms with Gasteiger partial charge in [-0.05, 0) is 42.0 Å². The van der Waals surface area contributed by atoms with E-state index in [9.17, 15) is 10.4 Å². The lowest BCUT2D eigenvalue weighted by molar-refractivity contribution is 0.174. The molecule has 1 aromatic heterocycles. The highest BCUT2D eigenvalue weighted by atomic mass is 32.1. The summed E-state index contributed by atoms with van der Waals surface area (Å²) >= 11 is 1.41. The van der Waals surface area contributed by atoms with Gasteiger partial charge in [0.2, 0.25) is 6.79 Å². The molecule has 1 N–H and O–H groups in total. The molecule has 0 spiro atoms. The highest BCUT2D eigenvalue weighted by Crippen LogP contribution is 2.36. The van der Waals surface area contributed by atoms with Crippen LogP contribution in [0, 0.1) is 11.3 Å². The summed E-state index contributed by atoms with van der Waals surface area (Å²) in [6.45, 7) is 0.231. The van der Waals surface area contributed by atoms with Crippen LogP contribution in [-0.2, 0) is 0 Å². The van der Waals surface area contributed by atoms with Crippen LogP contribution in [0.2, 0.25) is 0 Å². The van der Waals surface area contributed by atoms with E-state index in [0.717, 1.165) is 22.6 Å². The molecular formula is C19H12N2O3S. The molecule has 0 bridgehead atoms. The lowest BCUT2D eigenvalue weighted by Crippen LogP contribution is -1.92. The molecule has 0 unspecified atom stereocenters. The Bertz CT molecular complexity index is 1000. The van der Waals surface area contributed by atoms with Crippen LogP contribution in [0.25, 0.3) is 22.9 Å². The number of phenolic OH excluding ortho intramolecular Hbond substituents is 1. The number of fused-ring (bicyclic) bond motifs is 1. The first-order valence-corrected chi connectivity index (χ1v) is 8.37. The second-order valence-electron chi connectivity index (χ2n) is 5.37. The normalized spacial score (nSPS) is 12.8. The molecule has 0 saturated carbocycles. The summed E-state index contributed by atoms with van der Waals surface area (Å²) in [6.07, 6.45) is 1.75. The molecule has 0 amide bonds. The molecule has 25 heavy (non-hydrogen) atoms. The van der Waals surface area contributed by atoms with Gasteiger partial charge in [-0.15, -0.1) is 11.3 Å². The van der Waals surface area contributed by atoms with Gasteiger partial charge in [0.1, 0.15) is 16.8 Å². The quantitative estimate of drug-likeness (QED) is 0.714. The minimum absolute atomic E-state index is 0.190. The summed E-state index contributed by atoms with van der Waals surface area (Å²) in [5.41, 5.74) is 3.00. The zero-order valence-electron chi connectivity index (χ0n) is 13.0. The number of hydrogen-bond donors (Lipinski definition) is 1. The predicted molar refractivity (Wildman–Crippen MR) is 95.3 cm³/mol. The second kappa shape index (κ2) is 6.30. The summed E-state index contributed by atoms with van der Waals surface area (Å²) in [6, 6.07) is 14.5. The number of aromatic nitrogens is 1. The van der Waals surface area contributed by atoms with Gasteiger partial charge in [-0.25, -0.2) is 4.98 Å². The minimum atomic E-state index is 0.190. The van der Waals surface area contributed by atoms with Crippen LogP contribution in [0.15, 0.2) is 47.8 Å². The number of allylic oxidation sites excluding steroid dienone is 1. The fourth-order valence-corrected chi connectivity index (χ4v) is 3.26. The molecule has 0 fully saturated rings. The summed E-state index contributed by atoms with van der Waals surface area (Å²) in [7, 11) is 0. The van der Waals surface area contributed by atoms with Gasteiger partial charge in [0.05, 0.1) is 11.3 Å². The average Bonchev–Trinajstić information content (AvgIpc) is 3.30. The molecule has 2 aromatic carbocycles. The fraction of sp³-hybridized carbons (Fsp3) is 0.0526. The number of nitrogens with zero attached hydrogens (tertiary/aromatic N) is 2. The molecule has 0 radical (unpaired) electrons. The van der Waals surface area contributed by atoms with Gasteiger partial charge in [-0.3, -0.25) is 0 Å². The van der Waals surface area contributed by atoms with Crippen molar-refractivity contribution >= 4 is 23.0 Å². The average molecular weight is 348 g/mol. The SMILES string of the molecule is N#CC(=Cc1ccc(O)cc1)c1nc(-c2ccc3c(c2)OCO3)cs1. The van der Waals surface area contributed by atoms with E-state index in [4.69, 9.17) is 9.47 Å². The zero-order valence-corrected chi connectivity index (χ0v) is 13.8. The number of aromatic hydroxyl groups is 1. The van der Waals surface area contributed by atoms with Crippen molar-refractivity contribution in [2.75, 3.05) is 6.79 Å². The van der Waals surface area contributed by atoms with Crippen molar-refractivity contribution in [1.29, 1.82) is 5.26 Å². The third-order valence-corrected chi connectivity index (χ3v) is 4.60. The highest BCUT2D eigenvalue weighted by molar-refractivity contribution is 7.11. The van der Waals surface area contributed by atoms with Gasteiger partial charge in [0.15, 0.2) is 11.5 Å². The molecule has 2 heterocycles. The Kier molecular flexibility index (Phi) is 3.84. The predicted octanol–water partition coefficient (Wildman–Crippen LogP) is 4.31. The largest absolute Gasteiger partial charge is 0.508 e. The topological polar surface area (TPSA) is 75.4 Å². The fourth-order valence-electron chi connectivity index (χ4n) is 2.46. The molecule has 0 atom stereocenters. The third kappa shape index (κ3) is 3.05. The van der Waals surface area contributed by atoms with Gasteiger partial charge in [-0.1, -0.05) is 12.1 Å². The maximum Gasteiger partial charge on any atom is 0.231 e. The van der Waals surface area contributed by atoms with Crippen molar-refractivity contribution in [2.24, 2.45) is 0 Å². The molecule has 4 rings (SSSR count). The van der Waals surface area contributed by atoms with E-state index in [1.165, 1.54) is 11.3 Å². The highest BCUT2D eigenvalue weighted by Gasteiger charge is 2.15. The van der Waals surface area contributed by atoms with E-state index in [1.807, 2.05) is 23.6 Å². The zero-order chi connectivity index (χ0) is 17.2. The van der Waals surface area contributed by atoms with E-state index in [1.54, 1.807) is 30.3 Å². The van der Waals surface area contributed by atoms with Crippen LogP contribution in [0.4, 0.5) is 0 Å². The Hall–Kier alpha value is -3.30. The Labute approximate surface area is 148 Å². The molecule has 5 nitrogen and oxygen atoms in total. The van der Waals surface area contributed by atoms with Crippen molar-refractivity contribution in [2.45, 2.75) is 0 Å². The van der Waals surface area contributed by atoms with E-state index in [2.05, 4.69) is 11.1 Å². The first-order valence-electron chi connectivity index (χ1n) is 7.50. The summed E-state index contributed by atoms with van der Waals surface area (Å²) in [5.74, 6) is 1.62. The van der Waals surface area contributed by atoms with Crippen LogP contribution >= 0.6 is 11.3 Å². The number of phenols is 1. The summed E-state index contributed by atoms with van der Waals surface area (Å²) in [4.78, 5) is 4.57. The molecule has 1 aliphatic rings. The molecular weight excluding hydrogens is 336 g/mol. The first-order chi connectivity index (χ1) is 12.2. The lowest BCUT2D eigenvalue weighted by Gasteiger charge is -1.99. The molecule has 1 aliphatic heterocycles. The number of nitriles is 1. The maximum atomic E-state index is 9.46. The van der Waals surface area contributed by atoms with E-state index in [0.29, 0.717) is 16.3 Å². The van der Waals surface area contributed by atoms with Crippen LogP contribution < -0.4 is 9.47 Å². The monoisotopic (exact) mass is 348 g/mol.